The highest BCUT2D eigenvalue weighted by Gasteiger charge is 2.30. The Morgan fingerprint density at radius 2 is 1.88 bits per heavy atom. The van der Waals surface area contributed by atoms with Crippen molar-refractivity contribution in [2.45, 2.75) is 6.18 Å². The molecular weight excluding hydrogens is 367 g/mol. The third-order valence-electron chi connectivity index (χ3n) is 1.96. The number of aromatic nitrogens is 3. The Labute approximate surface area is 111 Å². The second-order valence-corrected chi connectivity index (χ2v) is 4.53. The van der Waals surface area contributed by atoms with Gasteiger partial charge in [0.05, 0.1) is 11.3 Å². The van der Waals surface area contributed by atoms with Gasteiger partial charge in [0.25, 0.3) is 0 Å². The summed E-state index contributed by atoms with van der Waals surface area (Å²) in [5.41, 5.74) is -0.446. The third-order valence-corrected chi connectivity index (χ3v) is 2.81. The van der Waals surface area contributed by atoms with E-state index in [1.807, 2.05) is 0 Å². The first-order valence-corrected chi connectivity index (χ1v) is 5.92. The van der Waals surface area contributed by atoms with Gasteiger partial charge in [0, 0.05) is 0 Å². The third kappa shape index (κ3) is 2.68. The lowest BCUT2D eigenvalue weighted by molar-refractivity contribution is -0.137. The van der Waals surface area contributed by atoms with E-state index in [1.165, 1.54) is 16.8 Å². The van der Waals surface area contributed by atoms with Gasteiger partial charge in [0.15, 0.2) is 0 Å². The molecule has 1 heterocycles. The van der Waals surface area contributed by atoms with Gasteiger partial charge in [0.2, 0.25) is 9.47 Å². The lowest BCUT2D eigenvalue weighted by Crippen LogP contribution is -2.06. The second kappa shape index (κ2) is 4.41. The molecule has 0 radical (unpaired) electrons. The monoisotopic (exact) mass is 369 g/mol. The summed E-state index contributed by atoms with van der Waals surface area (Å²) in [4.78, 5) is 3.88. The molecule has 0 saturated carbocycles. The van der Waals surface area contributed by atoms with Crippen LogP contribution in [0, 0.1) is 0 Å². The van der Waals surface area contributed by atoms with Gasteiger partial charge in [-0.1, -0.05) is 6.07 Å². The fourth-order valence-corrected chi connectivity index (χ4v) is 2.26. The number of nitrogens with zero attached hydrogens (tertiary/aromatic N) is 3. The van der Waals surface area contributed by atoms with Crippen LogP contribution in [-0.2, 0) is 6.18 Å². The fourth-order valence-electron chi connectivity index (χ4n) is 1.25. The predicted molar refractivity (Wildman–Crippen MR) is 61.8 cm³/mol. The normalized spacial score (nSPS) is 11.8. The first-order chi connectivity index (χ1) is 7.88. The van der Waals surface area contributed by atoms with Crippen LogP contribution in [0.15, 0.2) is 33.7 Å². The van der Waals surface area contributed by atoms with Crippen LogP contribution in [0.5, 0.6) is 0 Å². The number of alkyl halides is 3. The summed E-state index contributed by atoms with van der Waals surface area (Å²) in [6.07, 6.45) is -4.37. The summed E-state index contributed by atoms with van der Waals surface area (Å²) < 4.78 is 39.4. The van der Waals surface area contributed by atoms with Crippen LogP contribution < -0.4 is 0 Å². The smallest absolute Gasteiger partial charge is 0.206 e. The molecule has 0 N–H and O–H groups in total. The zero-order chi connectivity index (χ0) is 12.6. The predicted octanol–water partition coefficient (Wildman–Crippen LogP) is 3.81. The van der Waals surface area contributed by atoms with E-state index >= 15 is 0 Å². The van der Waals surface area contributed by atoms with E-state index < -0.39 is 11.7 Å². The van der Waals surface area contributed by atoms with Crippen molar-refractivity contribution in [1.82, 2.24) is 14.8 Å². The first-order valence-electron chi connectivity index (χ1n) is 4.33. The molecule has 17 heavy (non-hydrogen) atoms. The maximum absolute atomic E-state index is 12.5. The lowest BCUT2D eigenvalue weighted by atomic mass is 10.2. The molecule has 0 atom stereocenters. The maximum Gasteiger partial charge on any atom is 0.416 e. The van der Waals surface area contributed by atoms with Crippen molar-refractivity contribution in [3.63, 3.8) is 0 Å². The summed E-state index contributed by atoms with van der Waals surface area (Å²) in [6, 6.07) is 4.84. The quantitative estimate of drug-likeness (QED) is 0.764. The SMILES string of the molecule is FC(F)(F)c1cccc(-n2nc(Br)nc2Br)c1. The average Bonchev–Trinajstić information content (AvgIpc) is 2.57. The van der Waals surface area contributed by atoms with Crippen molar-refractivity contribution in [2.24, 2.45) is 0 Å². The summed E-state index contributed by atoms with van der Waals surface area (Å²) in [7, 11) is 0. The van der Waals surface area contributed by atoms with Crippen LogP contribution in [0.1, 0.15) is 5.56 Å². The van der Waals surface area contributed by atoms with Gasteiger partial charge in [-0.05, 0) is 50.1 Å². The van der Waals surface area contributed by atoms with E-state index in [4.69, 9.17) is 0 Å². The number of halogens is 5. The molecule has 0 saturated heterocycles. The maximum atomic E-state index is 12.5. The standard InChI is InChI=1S/C9H4Br2F3N3/c10-7-15-8(11)17(16-7)6-3-1-2-5(4-6)9(12,13)14/h1-4H. The Balaban J connectivity index is 2.50. The molecule has 0 unspecified atom stereocenters. The molecule has 2 aromatic rings. The van der Waals surface area contributed by atoms with Crippen molar-refractivity contribution in [2.75, 3.05) is 0 Å². The Bertz CT molecular complexity index is 551. The van der Waals surface area contributed by atoms with Gasteiger partial charge in [-0.15, -0.1) is 5.10 Å². The molecule has 2 rings (SSSR count). The van der Waals surface area contributed by atoms with Gasteiger partial charge in [0.1, 0.15) is 0 Å². The zero-order valence-corrected chi connectivity index (χ0v) is 11.2. The molecule has 0 aliphatic heterocycles. The molecule has 0 amide bonds. The molecule has 0 fully saturated rings. The van der Waals surface area contributed by atoms with Crippen LogP contribution in [0.3, 0.4) is 0 Å². The van der Waals surface area contributed by atoms with E-state index in [-0.39, 0.29) is 5.69 Å². The van der Waals surface area contributed by atoms with Crippen LogP contribution in [-0.4, -0.2) is 14.8 Å². The lowest BCUT2D eigenvalue weighted by Gasteiger charge is -2.08. The van der Waals surface area contributed by atoms with Gasteiger partial charge >= 0.3 is 6.18 Å². The molecule has 0 aliphatic rings. The number of hydrogen-bond donors (Lipinski definition) is 0. The summed E-state index contributed by atoms with van der Waals surface area (Å²) in [5, 5.41) is 3.91. The fraction of sp³-hybridized carbons (Fsp3) is 0.111. The van der Waals surface area contributed by atoms with E-state index in [2.05, 4.69) is 41.9 Å². The summed E-state index contributed by atoms with van der Waals surface area (Å²) in [5.74, 6) is 0. The molecule has 3 nitrogen and oxygen atoms in total. The average molecular weight is 371 g/mol. The Hall–Kier alpha value is -0.890. The molecule has 90 valence electrons. The Morgan fingerprint density at radius 3 is 2.41 bits per heavy atom. The van der Waals surface area contributed by atoms with E-state index in [0.717, 1.165) is 12.1 Å². The van der Waals surface area contributed by atoms with Crippen LogP contribution in [0.25, 0.3) is 5.69 Å². The number of hydrogen-bond acceptors (Lipinski definition) is 2. The largest absolute Gasteiger partial charge is 0.416 e. The van der Waals surface area contributed by atoms with Crippen molar-refractivity contribution >= 4 is 31.9 Å². The molecule has 1 aromatic heterocycles. The Morgan fingerprint density at radius 1 is 1.18 bits per heavy atom. The highest BCUT2D eigenvalue weighted by atomic mass is 79.9. The number of rotatable bonds is 1. The van der Waals surface area contributed by atoms with E-state index in [9.17, 15) is 13.2 Å². The van der Waals surface area contributed by atoms with Crippen LogP contribution in [0.2, 0.25) is 0 Å². The van der Waals surface area contributed by atoms with Crippen LogP contribution in [0.4, 0.5) is 13.2 Å². The minimum absolute atomic E-state index is 0.282. The summed E-state index contributed by atoms with van der Waals surface area (Å²) in [6.45, 7) is 0. The molecule has 1 aromatic carbocycles. The van der Waals surface area contributed by atoms with Crippen molar-refractivity contribution in [1.29, 1.82) is 0 Å². The van der Waals surface area contributed by atoms with Crippen molar-refractivity contribution in [3.8, 4) is 5.69 Å². The topological polar surface area (TPSA) is 30.7 Å². The minimum atomic E-state index is -4.37. The summed E-state index contributed by atoms with van der Waals surface area (Å²) >= 11 is 6.15. The van der Waals surface area contributed by atoms with Crippen LogP contribution >= 0.6 is 31.9 Å². The van der Waals surface area contributed by atoms with Crippen molar-refractivity contribution in [3.05, 3.63) is 39.3 Å². The highest BCUT2D eigenvalue weighted by molar-refractivity contribution is 9.11. The van der Waals surface area contributed by atoms with Gasteiger partial charge in [-0.2, -0.15) is 18.2 Å². The zero-order valence-electron chi connectivity index (χ0n) is 8.04. The van der Waals surface area contributed by atoms with Gasteiger partial charge in [-0.25, -0.2) is 4.68 Å². The minimum Gasteiger partial charge on any atom is -0.206 e. The number of benzene rings is 1. The Kier molecular flexibility index (Phi) is 3.26. The second-order valence-electron chi connectivity index (χ2n) is 3.11. The molecule has 0 bridgehead atoms. The van der Waals surface area contributed by atoms with Gasteiger partial charge in [-0.3, -0.25) is 0 Å². The van der Waals surface area contributed by atoms with Crippen molar-refractivity contribution < 1.29 is 13.2 Å². The highest BCUT2D eigenvalue weighted by Crippen LogP contribution is 2.30. The first kappa shape index (κ1) is 12.6. The molecule has 0 aliphatic carbocycles. The van der Waals surface area contributed by atoms with E-state index in [0.29, 0.717) is 9.47 Å². The molecular formula is C9H4Br2F3N3. The van der Waals surface area contributed by atoms with E-state index in [1.54, 1.807) is 0 Å². The molecule has 0 spiro atoms. The molecule has 8 heteroatoms. The van der Waals surface area contributed by atoms with Gasteiger partial charge < -0.3 is 0 Å².